The van der Waals surface area contributed by atoms with Gasteiger partial charge in [-0.3, -0.25) is 0 Å². The average Bonchev–Trinajstić information content (AvgIpc) is 2.63. The van der Waals surface area contributed by atoms with Crippen molar-refractivity contribution in [2.45, 2.75) is 44.6 Å². The van der Waals surface area contributed by atoms with Crippen LogP contribution in [0.5, 0.6) is 0 Å². The number of rotatable bonds is 2. The third kappa shape index (κ3) is 1.64. The van der Waals surface area contributed by atoms with E-state index in [0.717, 1.165) is 5.92 Å². The van der Waals surface area contributed by atoms with Crippen LogP contribution in [-0.2, 0) is 0 Å². The minimum absolute atomic E-state index is 0.0186. The first-order valence-electron chi connectivity index (χ1n) is 5.30. The summed E-state index contributed by atoms with van der Waals surface area (Å²) in [6.45, 7) is 2.66. The molecule has 0 unspecified atom stereocenters. The predicted octanol–water partition coefficient (Wildman–Crippen LogP) is 1.64. The molecule has 2 N–H and O–H groups in total. The van der Waals surface area contributed by atoms with Crippen molar-refractivity contribution in [1.29, 1.82) is 0 Å². The van der Waals surface area contributed by atoms with Gasteiger partial charge in [-0.25, -0.2) is 4.79 Å². The van der Waals surface area contributed by atoms with Gasteiger partial charge in [0.25, 0.3) is 0 Å². The number of fused-ring (bicyclic) bond motifs is 2. The van der Waals surface area contributed by atoms with Crippen LogP contribution in [0.1, 0.15) is 39.0 Å². The first-order valence-corrected chi connectivity index (χ1v) is 5.30. The van der Waals surface area contributed by atoms with E-state index in [1.807, 2.05) is 6.92 Å². The summed E-state index contributed by atoms with van der Waals surface area (Å²) in [5, 5.41) is 5.93. The van der Waals surface area contributed by atoms with Crippen LogP contribution in [0, 0.1) is 5.92 Å². The molecular formula is C10H18N2O. The molecule has 0 saturated heterocycles. The molecule has 13 heavy (non-hydrogen) atoms. The van der Waals surface area contributed by atoms with E-state index in [0.29, 0.717) is 6.54 Å². The van der Waals surface area contributed by atoms with E-state index in [-0.39, 0.29) is 11.6 Å². The van der Waals surface area contributed by atoms with Gasteiger partial charge in [0.2, 0.25) is 0 Å². The molecule has 0 aromatic heterocycles. The minimum atomic E-state index is 0.0186. The average molecular weight is 182 g/mol. The Morgan fingerprint density at radius 3 is 2.62 bits per heavy atom. The van der Waals surface area contributed by atoms with E-state index < -0.39 is 0 Å². The summed E-state index contributed by atoms with van der Waals surface area (Å²) in [6, 6.07) is 0.0186. The molecule has 0 aromatic rings. The summed E-state index contributed by atoms with van der Waals surface area (Å²) in [7, 11) is 0. The van der Waals surface area contributed by atoms with Crippen LogP contribution in [0.15, 0.2) is 0 Å². The summed E-state index contributed by atoms with van der Waals surface area (Å²) < 4.78 is 0. The van der Waals surface area contributed by atoms with Gasteiger partial charge in [0.1, 0.15) is 0 Å². The minimum Gasteiger partial charge on any atom is -0.338 e. The Labute approximate surface area is 79.3 Å². The molecule has 2 rings (SSSR count). The molecule has 3 nitrogen and oxygen atoms in total. The predicted molar refractivity (Wildman–Crippen MR) is 51.5 cm³/mol. The van der Waals surface area contributed by atoms with E-state index in [1.54, 1.807) is 0 Å². The molecule has 0 aromatic carbocycles. The number of hydrogen-bond donors (Lipinski definition) is 2. The molecule has 74 valence electrons. The summed E-state index contributed by atoms with van der Waals surface area (Å²) in [4.78, 5) is 11.4. The van der Waals surface area contributed by atoms with Gasteiger partial charge in [-0.1, -0.05) is 0 Å². The molecular weight excluding hydrogens is 164 g/mol. The van der Waals surface area contributed by atoms with Crippen molar-refractivity contribution >= 4 is 6.03 Å². The lowest BCUT2D eigenvalue weighted by atomic mass is 9.94. The van der Waals surface area contributed by atoms with Crippen molar-refractivity contribution in [3.8, 4) is 0 Å². The Morgan fingerprint density at radius 2 is 2.15 bits per heavy atom. The van der Waals surface area contributed by atoms with Crippen molar-refractivity contribution in [2.24, 2.45) is 5.92 Å². The first kappa shape index (κ1) is 8.85. The van der Waals surface area contributed by atoms with Crippen molar-refractivity contribution in [3.63, 3.8) is 0 Å². The van der Waals surface area contributed by atoms with E-state index >= 15 is 0 Å². The molecule has 2 amide bonds. The number of hydrogen-bond acceptors (Lipinski definition) is 1. The number of carbonyl (C=O) groups is 1. The third-order valence-corrected chi connectivity index (χ3v) is 3.46. The second kappa shape index (κ2) is 3.20. The molecule has 0 heterocycles. The maximum Gasteiger partial charge on any atom is 0.315 e. The summed E-state index contributed by atoms with van der Waals surface area (Å²) in [6.07, 6.45) is 6.21. The highest BCUT2D eigenvalue weighted by molar-refractivity contribution is 5.74. The molecule has 0 radical (unpaired) electrons. The normalized spacial score (nSPS) is 36.2. The fourth-order valence-electron chi connectivity index (χ4n) is 2.81. The SMILES string of the molecule is CCNC(=O)NC12CCC(CC1)C2. The highest BCUT2D eigenvalue weighted by Gasteiger charge is 2.45. The molecule has 0 aliphatic heterocycles. The Balaban J connectivity index is 1.90. The maximum atomic E-state index is 11.4. The van der Waals surface area contributed by atoms with Gasteiger partial charge >= 0.3 is 6.03 Å². The summed E-state index contributed by atoms with van der Waals surface area (Å²) in [5.74, 6) is 0.891. The van der Waals surface area contributed by atoms with E-state index in [2.05, 4.69) is 10.6 Å². The van der Waals surface area contributed by atoms with Crippen LogP contribution >= 0.6 is 0 Å². The van der Waals surface area contributed by atoms with E-state index in [9.17, 15) is 4.79 Å². The number of amides is 2. The lowest BCUT2D eigenvalue weighted by Crippen LogP contribution is -2.49. The third-order valence-electron chi connectivity index (χ3n) is 3.46. The van der Waals surface area contributed by atoms with Gasteiger partial charge in [-0.05, 0) is 44.9 Å². The molecule has 2 aliphatic carbocycles. The maximum absolute atomic E-state index is 11.4. The molecule has 2 fully saturated rings. The van der Waals surface area contributed by atoms with Gasteiger partial charge < -0.3 is 10.6 Å². The van der Waals surface area contributed by atoms with Gasteiger partial charge in [0.15, 0.2) is 0 Å². The van der Waals surface area contributed by atoms with E-state index in [1.165, 1.54) is 32.1 Å². The zero-order valence-electron chi connectivity index (χ0n) is 8.23. The summed E-state index contributed by atoms with van der Waals surface area (Å²) >= 11 is 0. The van der Waals surface area contributed by atoms with Crippen LogP contribution < -0.4 is 10.6 Å². The van der Waals surface area contributed by atoms with Crippen LogP contribution in [0.3, 0.4) is 0 Å². The highest BCUT2D eigenvalue weighted by atomic mass is 16.2. The van der Waals surface area contributed by atoms with Crippen LogP contribution in [0.25, 0.3) is 0 Å². The Hall–Kier alpha value is -0.730. The number of carbonyl (C=O) groups excluding carboxylic acids is 1. The zero-order chi connectivity index (χ0) is 9.31. The molecule has 2 bridgehead atoms. The molecule has 0 atom stereocenters. The second-order valence-corrected chi connectivity index (χ2v) is 4.41. The Kier molecular flexibility index (Phi) is 2.18. The Bertz CT molecular complexity index is 207. The van der Waals surface area contributed by atoms with Gasteiger partial charge in [0, 0.05) is 12.1 Å². The number of nitrogens with one attached hydrogen (secondary N) is 2. The monoisotopic (exact) mass is 182 g/mol. The van der Waals surface area contributed by atoms with E-state index in [4.69, 9.17) is 0 Å². The lowest BCUT2D eigenvalue weighted by Gasteiger charge is -2.27. The lowest BCUT2D eigenvalue weighted by molar-refractivity contribution is 0.225. The van der Waals surface area contributed by atoms with Crippen molar-refractivity contribution in [1.82, 2.24) is 10.6 Å². The zero-order valence-corrected chi connectivity index (χ0v) is 8.23. The molecule has 0 spiro atoms. The fraction of sp³-hybridized carbons (Fsp3) is 0.900. The molecule has 2 saturated carbocycles. The quantitative estimate of drug-likeness (QED) is 0.669. The fourth-order valence-corrected chi connectivity index (χ4v) is 2.81. The molecule has 3 heteroatoms. The summed E-state index contributed by atoms with van der Waals surface area (Å²) in [5.41, 5.74) is 0.171. The van der Waals surface area contributed by atoms with Crippen LogP contribution in [0.2, 0.25) is 0 Å². The van der Waals surface area contributed by atoms with Gasteiger partial charge in [0.05, 0.1) is 0 Å². The second-order valence-electron chi connectivity index (χ2n) is 4.41. The Morgan fingerprint density at radius 1 is 1.46 bits per heavy atom. The standard InChI is InChI=1S/C10H18N2O/c1-2-11-9(13)12-10-5-3-8(7-10)4-6-10/h8H,2-7H2,1H3,(H2,11,12,13). The van der Waals surface area contributed by atoms with Gasteiger partial charge in [-0.2, -0.15) is 0 Å². The largest absolute Gasteiger partial charge is 0.338 e. The first-order chi connectivity index (χ1) is 6.24. The van der Waals surface area contributed by atoms with Crippen molar-refractivity contribution in [2.75, 3.05) is 6.54 Å². The van der Waals surface area contributed by atoms with Crippen molar-refractivity contribution < 1.29 is 4.79 Å². The van der Waals surface area contributed by atoms with Gasteiger partial charge in [-0.15, -0.1) is 0 Å². The smallest absolute Gasteiger partial charge is 0.315 e. The number of urea groups is 1. The van der Waals surface area contributed by atoms with Crippen LogP contribution in [0.4, 0.5) is 4.79 Å². The molecule has 2 aliphatic rings. The van der Waals surface area contributed by atoms with Crippen LogP contribution in [-0.4, -0.2) is 18.1 Å². The van der Waals surface area contributed by atoms with Crippen molar-refractivity contribution in [3.05, 3.63) is 0 Å². The highest BCUT2D eigenvalue weighted by Crippen LogP contribution is 2.47. The topological polar surface area (TPSA) is 41.1 Å².